The number of carbonyl (C=O) groups is 1. The molecule has 1 saturated heterocycles. The number of rotatable bonds is 1. The Morgan fingerprint density at radius 2 is 2.50 bits per heavy atom. The lowest BCUT2D eigenvalue weighted by Crippen LogP contribution is -2.48. The smallest absolute Gasteiger partial charge is 0.236 e. The highest BCUT2D eigenvalue weighted by Crippen LogP contribution is 2.19. The quantitative estimate of drug-likeness (QED) is 0.689. The third-order valence-electron chi connectivity index (χ3n) is 2.54. The topological polar surface area (TPSA) is 45.2 Å². The number of hydrogen-bond donors (Lipinski definition) is 1. The second kappa shape index (κ2) is 3.75. The summed E-state index contributed by atoms with van der Waals surface area (Å²) in [5.74, 6) is 0.130. The maximum atomic E-state index is 11.4. The van der Waals surface area contributed by atoms with Crippen molar-refractivity contribution in [1.82, 2.24) is 15.2 Å². The molecular formula is C10H13N3O. The number of hydrogen-bond acceptors (Lipinski definition) is 3. The summed E-state index contributed by atoms with van der Waals surface area (Å²) >= 11 is 0. The van der Waals surface area contributed by atoms with Crippen LogP contribution < -0.4 is 5.32 Å². The van der Waals surface area contributed by atoms with Crippen molar-refractivity contribution < 1.29 is 4.79 Å². The summed E-state index contributed by atoms with van der Waals surface area (Å²) in [6.07, 6.45) is 3.54. The Hall–Kier alpha value is -1.42. The van der Waals surface area contributed by atoms with Gasteiger partial charge in [0.2, 0.25) is 5.91 Å². The maximum Gasteiger partial charge on any atom is 0.236 e. The maximum absolute atomic E-state index is 11.4. The Bertz CT molecular complexity index is 325. The van der Waals surface area contributed by atoms with Gasteiger partial charge in [0.1, 0.15) is 0 Å². The number of aromatic nitrogens is 1. The van der Waals surface area contributed by atoms with Crippen molar-refractivity contribution in [2.24, 2.45) is 0 Å². The SMILES string of the molecule is CN1C(=O)CNCC1c1cccnc1. The van der Waals surface area contributed by atoms with Gasteiger partial charge in [-0.15, -0.1) is 0 Å². The molecule has 0 bridgehead atoms. The monoisotopic (exact) mass is 191 g/mol. The Balaban J connectivity index is 2.22. The van der Waals surface area contributed by atoms with Crippen LogP contribution in [0.15, 0.2) is 24.5 Å². The van der Waals surface area contributed by atoms with Gasteiger partial charge >= 0.3 is 0 Å². The van der Waals surface area contributed by atoms with Crippen molar-refractivity contribution in [2.75, 3.05) is 20.1 Å². The molecule has 1 amide bonds. The Kier molecular flexibility index (Phi) is 2.45. The molecule has 2 heterocycles. The van der Waals surface area contributed by atoms with Gasteiger partial charge in [0.15, 0.2) is 0 Å². The normalized spacial score (nSPS) is 22.5. The van der Waals surface area contributed by atoms with E-state index in [9.17, 15) is 4.79 Å². The Labute approximate surface area is 82.9 Å². The second-order valence-corrected chi connectivity index (χ2v) is 3.44. The van der Waals surface area contributed by atoms with Gasteiger partial charge in [0.05, 0.1) is 12.6 Å². The molecule has 1 unspecified atom stereocenters. The fraction of sp³-hybridized carbons (Fsp3) is 0.400. The van der Waals surface area contributed by atoms with Gasteiger partial charge < -0.3 is 10.2 Å². The molecule has 1 N–H and O–H groups in total. The van der Waals surface area contributed by atoms with Crippen LogP contribution in [0.25, 0.3) is 0 Å². The first kappa shape index (κ1) is 9.15. The van der Waals surface area contributed by atoms with Crippen LogP contribution in [0.2, 0.25) is 0 Å². The average Bonchev–Trinajstić information content (AvgIpc) is 2.23. The zero-order valence-corrected chi connectivity index (χ0v) is 8.10. The van der Waals surface area contributed by atoms with Crippen molar-refractivity contribution in [1.29, 1.82) is 0 Å². The van der Waals surface area contributed by atoms with E-state index in [-0.39, 0.29) is 11.9 Å². The first-order valence-electron chi connectivity index (χ1n) is 4.65. The Morgan fingerprint density at radius 3 is 3.21 bits per heavy atom. The van der Waals surface area contributed by atoms with Crippen molar-refractivity contribution >= 4 is 5.91 Å². The lowest BCUT2D eigenvalue weighted by molar-refractivity contribution is -0.133. The van der Waals surface area contributed by atoms with E-state index in [2.05, 4.69) is 10.3 Å². The highest BCUT2D eigenvalue weighted by atomic mass is 16.2. The lowest BCUT2D eigenvalue weighted by Gasteiger charge is -2.33. The molecule has 74 valence electrons. The summed E-state index contributed by atoms with van der Waals surface area (Å²) in [5, 5.41) is 3.09. The van der Waals surface area contributed by atoms with Crippen molar-refractivity contribution in [2.45, 2.75) is 6.04 Å². The molecule has 0 aromatic carbocycles. The number of pyridine rings is 1. The van der Waals surface area contributed by atoms with Crippen LogP contribution in [0, 0.1) is 0 Å². The fourth-order valence-corrected chi connectivity index (χ4v) is 1.67. The molecule has 1 aromatic rings. The van der Waals surface area contributed by atoms with Crippen LogP contribution in [-0.4, -0.2) is 35.9 Å². The number of amides is 1. The highest BCUT2D eigenvalue weighted by molar-refractivity contribution is 5.79. The molecule has 0 saturated carbocycles. The molecule has 1 aromatic heterocycles. The molecule has 1 fully saturated rings. The number of nitrogens with one attached hydrogen (secondary N) is 1. The molecule has 0 aliphatic carbocycles. The van der Waals surface area contributed by atoms with Crippen LogP contribution in [-0.2, 0) is 4.79 Å². The third kappa shape index (κ3) is 1.61. The summed E-state index contributed by atoms with van der Waals surface area (Å²) in [6, 6.07) is 4.00. The first-order valence-corrected chi connectivity index (χ1v) is 4.65. The van der Waals surface area contributed by atoms with E-state index in [1.54, 1.807) is 17.3 Å². The predicted molar refractivity (Wildman–Crippen MR) is 52.6 cm³/mol. The highest BCUT2D eigenvalue weighted by Gasteiger charge is 2.25. The second-order valence-electron chi connectivity index (χ2n) is 3.44. The van der Waals surface area contributed by atoms with Crippen molar-refractivity contribution in [3.05, 3.63) is 30.1 Å². The third-order valence-corrected chi connectivity index (χ3v) is 2.54. The average molecular weight is 191 g/mol. The van der Waals surface area contributed by atoms with Crippen molar-refractivity contribution in [3.63, 3.8) is 0 Å². The van der Waals surface area contributed by atoms with E-state index in [4.69, 9.17) is 0 Å². The molecule has 1 aliphatic heterocycles. The van der Waals surface area contributed by atoms with Gasteiger partial charge in [-0.3, -0.25) is 9.78 Å². The molecule has 0 radical (unpaired) electrons. The zero-order chi connectivity index (χ0) is 9.97. The summed E-state index contributed by atoms with van der Waals surface area (Å²) < 4.78 is 0. The van der Waals surface area contributed by atoms with Crippen LogP contribution >= 0.6 is 0 Å². The lowest BCUT2D eigenvalue weighted by atomic mass is 10.1. The van der Waals surface area contributed by atoms with Gasteiger partial charge in [-0.05, 0) is 11.6 Å². The van der Waals surface area contributed by atoms with Gasteiger partial charge in [0.25, 0.3) is 0 Å². The van der Waals surface area contributed by atoms with Gasteiger partial charge in [-0.1, -0.05) is 6.07 Å². The van der Waals surface area contributed by atoms with Gasteiger partial charge in [-0.2, -0.15) is 0 Å². The molecule has 1 aliphatic rings. The summed E-state index contributed by atoms with van der Waals surface area (Å²) in [4.78, 5) is 17.2. The zero-order valence-electron chi connectivity index (χ0n) is 8.10. The van der Waals surface area contributed by atoms with Gasteiger partial charge in [-0.25, -0.2) is 0 Å². The largest absolute Gasteiger partial charge is 0.336 e. The van der Waals surface area contributed by atoms with Crippen LogP contribution in [0.3, 0.4) is 0 Å². The summed E-state index contributed by atoms with van der Waals surface area (Å²) in [6.45, 7) is 1.24. The standard InChI is InChI=1S/C10H13N3O/c1-13-9(6-12-7-10(13)14)8-3-2-4-11-5-8/h2-5,9,12H,6-7H2,1H3. The van der Waals surface area contributed by atoms with Crippen LogP contribution in [0.5, 0.6) is 0 Å². The van der Waals surface area contributed by atoms with E-state index in [1.165, 1.54) is 0 Å². The molecule has 0 spiro atoms. The minimum absolute atomic E-state index is 0.116. The van der Waals surface area contributed by atoms with E-state index in [0.29, 0.717) is 6.54 Å². The fourth-order valence-electron chi connectivity index (χ4n) is 1.67. The van der Waals surface area contributed by atoms with E-state index in [0.717, 1.165) is 12.1 Å². The molecule has 4 heteroatoms. The van der Waals surface area contributed by atoms with Crippen LogP contribution in [0.4, 0.5) is 0 Å². The molecule has 1 atom stereocenters. The molecule has 4 nitrogen and oxygen atoms in total. The van der Waals surface area contributed by atoms with E-state index < -0.39 is 0 Å². The number of likely N-dealkylation sites (N-methyl/N-ethyl adjacent to an activating group) is 1. The minimum Gasteiger partial charge on any atom is -0.336 e. The Morgan fingerprint density at radius 1 is 1.64 bits per heavy atom. The van der Waals surface area contributed by atoms with Crippen LogP contribution in [0.1, 0.15) is 11.6 Å². The number of carbonyl (C=O) groups excluding carboxylic acids is 1. The predicted octanol–water partition coefficient (Wildman–Crippen LogP) is 0.184. The first-order chi connectivity index (χ1) is 6.79. The number of nitrogens with zero attached hydrogens (tertiary/aromatic N) is 2. The number of piperazine rings is 1. The molecule has 14 heavy (non-hydrogen) atoms. The van der Waals surface area contributed by atoms with E-state index >= 15 is 0 Å². The van der Waals surface area contributed by atoms with Crippen molar-refractivity contribution in [3.8, 4) is 0 Å². The summed E-state index contributed by atoms with van der Waals surface area (Å²) in [7, 11) is 1.83. The molecular weight excluding hydrogens is 178 g/mol. The minimum atomic E-state index is 0.116. The summed E-state index contributed by atoms with van der Waals surface area (Å²) in [5.41, 5.74) is 1.08. The van der Waals surface area contributed by atoms with Gasteiger partial charge in [0, 0.05) is 26.0 Å². The molecule has 2 rings (SSSR count). The van der Waals surface area contributed by atoms with E-state index in [1.807, 2.05) is 19.2 Å².